The van der Waals surface area contributed by atoms with Crippen LogP contribution in [0, 0.1) is 0 Å². The molecule has 0 atom stereocenters. The first-order chi connectivity index (χ1) is 13.5. The van der Waals surface area contributed by atoms with Gasteiger partial charge in [-0.1, -0.05) is 58.7 Å². The fourth-order valence-electron chi connectivity index (χ4n) is 2.39. The molecule has 0 aromatic heterocycles. The van der Waals surface area contributed by atoms with E-state index in [0.717, 1.165) is 5.56 Å². The highest BCUT2D eigenvalue weighted by molar-refractivity contribution is 6.57. The summed E-state index contributed by atoms with van der Waals surface area (Å²) in [5, 5.41) is 13.2. The van der Waals surface area contributed by atoms with Crippen LogP contribution in [0.3, 0.4) is 0 Å². The molecule has 2 aromatic rings. The highest BCUT2D eigenvalue weighted by Crippen LogP contribution is 2.30. The van der Waals surface area contributed by atoms with Crippen LogP contribution in [0.5, 0.6) is 11.5 Å². The SMILES string of the molecule is CCO/N=C(/C(=O)O)c1ccccc1COc1cc(C=C(Cl)Cl)ccc1OC. The molecule has 28 heavy (non-hydrogen) atoms. The summed E-state index contributed by atoms with van der Waals surface area (Å²) in [5.41, 5.74) is 1.57. The molecule has 148 valence electrons. The van der Waals surface area contributed by atoms with E-state index in [9.17, 15) is 9.90 Å². The molecule has 8 heteroatoms. The Morgan fingerprint density at radius 2 is 1.93 bits per heavy atom. The smallest absolute Gasteiger partial charge is 0.358 e. The third-order valence-corrected chi connectivity index (χ3v) is 3.82. The summed E-state index contributed by atoms with van der Waals surface area (Å²) in [7, 11) is 1.53. The summed E-state index contributed by atoms with van der Waals surface area (Å²) in [6.45, 7) is 2.07. The van der Waals surface area contributed by atoms with E-state index in [1.54, 1.807) is 55.5 Å². The molecule has 0 amide bonds. The van der Waals surface area contributed by atoms with Gasteiger partial charge in [0, 0.05) is 5.56 Å². The third kappa shape index (κ3) is 5.90. The molecule has 0 aliphatic rings. The average Bonchev–Trinajstić information content (AvgIpc) is 2.67. The minimum absolute atomic E-state index is 0.0900. The zero-order valence-electron chi connectivity index (χ0n) is 15.3. The molecular formula is C20H19Cl2NO5. The number of hydrogen-bond acceptors (Lipinski definition) is 5. The molecule has 0 aliphatic carbocycles. The van der Waals surface area contributed by atoms with E-state index in [4.69, 9.17) is 37.5 Å². The normalized spacial score (nSPS) is 10.9. The summed E-state index contributed by atoms with van der Waals surface area (Å²) < 4.78 is 11.3. The topological polar surface area (TPSA) is 77.4 Å². The standard InChI is InChI=1S/C20H19Cl2NO5/c1-3-28-23-19(20(24)25)15-7-5-4-6-14(15)12-27-17-10-13(11-18(21)22)8-9-16(17)26-2/h4-11H,3,12H2,1-2H3,(H,24,25)/b23-19+. The fourth-order valence-corrected chi connectivity index (χ4v) is 2.64. The molecule has 0 spiro atoms. The van der Waals surface area contributed by atoms with Crippen molar-refractivity contribution in [2.75, 3.05) is 13.7 Å². The number of nitrogens with zero attached hydrogens (tertiary/aromatic N) is 1. The summed E-state index contributed by atoms with van der Waals surface area (Å²) >= 11 is 11.4. The Morgan fingerprint density at radius 3 is 2.57 bits per heavy atom. The number of halogens is 2. The van der Waals surface area contributed by atoms with E-state index in [1.165, 1.54) is 7.11 Å². The lowest BCUT2D eigenvalue weighted by molar-refractivity contribution is -0.129. The minimum atomic E-state index is -1.19. The number of carboxylic acid groups (broad SMARTS) is 1. The number of methoxy groups -OCH3 is 1. The minimum Gasteiger partial charge on any atom is -0.493 e. The van der Waals surface area contributed by atoms with Crippen molar-refractivity contribution < 1.29 is 24.2 Å². The van der Waals surface area contributed by atoms with Crippen LogP contribution >= 0.6 is 23.2 Å². The molecular weight excluding hydrogens is 405 g/mol. The predicted octanol–water partition coefficient (Wildman–Crippen LogP) is 4.88. The molecule has 0 aliphatic heterocycles. The molecule has 2 rings (SSSR count). The Kier molecular flexibility index (Phi) is 8.17. The second-order valence-corrected chi connectivity index (χ2v) is 6.46. The molecule has 0 saturated heterocycles. The number of oxime groups is 1. The van der Waals surface area contributed by atoms with Gasteiger partial charge in [0.25, 0.3) is 0 Å². The van der Waals surface area contributed by atoms with Crippen LogP contribution in [-0.2, 0) is 16.2 Å². The molecule has 0 bridgehead atoms. The monoisotopic (exact) mass is 423 g/mol. The van der Waals surface area contributed by atoms with Crippen LogP contribution in [0.4, 0.5) is 0 Å². The molecule has 6 nitrogen and oxygen atoms in total. The van der Waals surface area contributed by atoms with Crippen LogP contribution in [0.15, 0.2) is 52.1 Å². The zero-order chi connectivity index (χ0) is 20.5. The predicted molar refractivity (Wildman–Crippen MR) is 109 cm³/mol. The molecule has 0 unspecified atom stereocenters. The van der Waals surface area contributed by atoms with Crippen molar-refractivity contribution in [1.29, 1.82) is 0 Å². The second kappa shape index (κ2) is 10.6. The van der Waals surface area contributed by atoms with Gasteiger partial charge < -0.3 is 19.4 Å². The summed E-state index contributed by atoms with van der Waals surface area (Å²) in [5.74, 6) is -0.219. The highest BCUT2D eigenvalue weighted by atomic mass is 35.5. The van der Waals surface area contributed by atoms with Gasteiger partial charge in [-0.25, -0.2) is 4.79 Å². The summed E-state index contributed by atoms with van der Waals surface area (Å²) in [4.78, 5) is 16.5. The number of rotatable bonds is 9. The van der Waals surface area contributed by atoms with Crippen molar-refractivity contribution in [3.63, 3.8) is 0 Å². The Labute approximate surface area is 172 Å². The van der Waals surface area contributed by atoms with E-state index in [1.807, 2.05) is 0 Å². The lowest BCUT2D eigenvalue weighted by Crippen LogP contribution is -2.18. The van der Waals surface area contributed by atoms with E-state index in [0.29, 0.717) is 22.6 Å². The van der Waals surface area contributed by atoms with E-state index in [-0.39, 0.29) is 23.4 Å². The van der Waals surface area contributed by atoms with Gasteiger partial charge in [0.1, 0.15) is 17.7 Å². The van der Waals surface area contributed by atoms with Gasteiger partial charge in [-0.2, -0.15) is 0 Å². The van der Waals surface area contributed by atoms with Gasteiger partial charge in [-0.15, -0.1) is 0 Å². The van der Waals surface area contributed by atoms with E-state index < -0.39 is 5.97 Å². The van der Waals surface area contributed by atoms with Crippen molar-refractivity contribution in [3.05, 3.63) is 63.6 Å². The number of hydrogen-bond donors (Lipinski definition) is 1. The first kappa shape index (κ1) is 21.6. The van der Waals surface area contributed by atoms with Gasteiger partial charge in [0.05, 0.1) is 7.11 Å². The maximum atomic E-state index is 11.6. The number of carboxylic acids is 1. The summed E-state index contributed by atoms with van der Waals surface area (Å²) in [6.07, 6.45) is 1.57. The van der Waals surface area contributed by atoms with Crippen molar-refractivity contribution in [3.8, 4) is 11.5 Å². The van der Waals surface area contributed by atoms with Crippen LogP contribution < -0.4 is 9.47 Å². The van der Waals surface area contributed by atoms with Gasteiger partial charge in [-0.3, -0.25) is 0 Å². The Bertz CT molecular complexity index is 892. The van der Waals surface area contributed by atoms with Crippen molar-refractivity contribution >= 4 is 41.0 Å². The molecule has 0 heterocycles. The lowest BCUT2D eigenvalue weighted by atomic mass is 10.0. The molecule has 2 aromatic carbocycles. The quantitative estimate of drug-likeness (QED) is 0.459. The van der Waals surface area contributed by atoms with Crippen molar-refractivity contribution in [2.24, 2.45) is 5.16 Å². The van der Waals surface area contributed by atoms with Crippen LogP contribution in [-0.4, -0.2) is 30.5 Å². The maximum Gasteiger partial charge on any atom is 0.358 e. The zero-order valence-corrected chi connectivity index (χ0v) is 16.8. The van der Waals surface area contributed by atoms with Crippen LogP contribution in [0.1, 0.15) is 23.6 Å². The Hall–Kier alpha value is -2.70. The van der Waals surface area contributed by atoms with E-state index >= 15 is 0 Å². The fraction of sp³-hybridized carbons (Fsp3) is 0.200. The average molecular weight is 424 g/mol. The first-order valence-electron chi connectivity index (χ1n) is 8.31. The molecule has 1 N–H and O–H groups in total. The number of ether oxygens (including phenoxy) is 2. The van der Waals surface area contributed by atoms with Crippen LogP contribution in [0.25, 0.3) is 6.08 Å². The molecule has 0 radical (unpaired) electrons. The largest absolute Gasteiger partial charge is 0.493 e. The molecule has 0 fully saturated rings. The Balaban J connectivity index is 2.33. The highest BCUT2D eigenvalue weighted by Gasteiger charge is 2.18. The van der Waals surface area contributed by atoms with Gasteiger partial charge >= 0.3 is 5.97 Å². The van der Waals surface area contributed by atoms with Gasteiger partial charge in [0.15, 0.2) is 17.2 Å². The number of carbonyl (C=O) groups is 1. The summed E-state index contributed by atoms with van der Waals surface area (Å²) in [6, 6.07) is 12.1. The van der Waals surface area contributed by atoms with Crippen molar-refractivity contribution in [1.82, 2.24) is 0 Å². The lowest BCUT2D eigenvalue weighted by Gasteiger charge is -2.14. The Morgan fingerprint density at radius 1 is 1.18 bits per heavy atom. The van der Waals surface area contributed by atoms with Gasteiger partial charge in [0.2, 0.25) is 0 Å². The number of aliphatic carboxylic acids is 1. The van der Waals surface area contributed by atoms with Crippen molar-refractivity contribution in [2.45, 2.75) is 13.5 Å². The third-order valence-electron chi connectivity index (χ3n) is 3.61. The van der Waals surface area contributed by atoms with E-state index in [2.05, 4.69) is 5.16 Å². The maximum absolute atomic E-state index is 11.6. The van der Waals surface area contributed by atoms with Gasteiger partial charge in [-0.05, 0) is 36.3 Å². The first-order valence-corrected chi connectivity index (χ1v) is 9.07. The molecule has 0 saturated carbocycles. The second-order valence-electron chi connectivity index (χ2n) is 5.45. The number of benzene rings is 2. The van der Waals surface area contributed by atoms with Crippen LogP contribution in [0.2, 0.25) is 0 Å².